The first-order valence-corrected chi connectivity index (χ1v) is 9.05. The van der Waals surface area contributed by atoms with E-state index in [2.05, 4.69) is 0 Å². The van der Waals surface area contributed by atoms with Crippen LogP contribution in [0.1, 0.15) is 46.6 Å². The number of carbonyl (C=O) groups is 2. The van der Waals surface area contributed by atoms with Gasteiger partial charge in [-0.2, -0.15) is 0 Å². The second kappa shape index (κ2) is 9.03. The zero-order valence-corrected chi connectivity index (χ0v) is 16.8. The fraction of sp³-hybridized carbons (Fsp3) is 0.600. The van der Waals surface area contributed by atoms with E-state index in [1.165, 1.54) is 4.90 Å². The molecule has 0 saturated carbocycles. The molecule has 2 amide bonds. The highest BCUT2D eigenvalue weighted by atomic mass is 16.5. The molecular weight excluding hydrogens is 330 g/mol. The molecule has 26 heavy (non-hydrogen) atoms. The number of nitrogens with zero attached hydrogens (tertiary/aromatic N) is 1. The number of rotatable bonds is 8. The summed E-state index contributed by atoms with van der Waals surface area (Å²) in [7, 11) is 1.58. The van der Waals surface area contributed by atoms with Gasteiger partial charge in [-0.15, -0.1) is 0 Å². The largest absolute Gasteiger partial charge is 0.488 e. The lowest BCUT2D eigenvalue weighted by Crippen LogP contribution is -2.53. The van der Waals surface area contributed by atoms with Crippen LogP contribution in [0.15, 0.2) is 24.3 Å². The van der Waals surface area contributed by atoms with Crippen molar-refractivity contribution < 1.29 is 14.3 Å². The van der Waals surface area contributed by atoms with Crippen molar-refractivity contribution >= 4 is 11.8 Å². The van der Waals surface area contributed by atoms with Crippen LogP contribution >= 0.6 is 0 Å². The first kappa shape index (κ1) is 22.0. The number of hydrogen-bond acceptors (Lipinski definition) is 4. The van der Waals surface area contributed by atoms with Crippen molar-refractivity contribution in [2.45, 2.75) is 65.1 Å². The Balaban J connectivity index is 2.88. The second-order valence-electron chi connectivity index (χ2n) is 7.84. The molecule has 0 saturated heterocycles. The van der Waals surface area contributed by atoms with Gasteiger partial charge in [0.25, 0.3) is 0 Å². The quantitative estimate of drug-likeness (QED) is 0.739. The van der Waals surface area contributed by atoms with Crippen molar-refractivity contribution in [3.63, 3.8) is 0 Å². The lowest BCUT2D eigenvalue weighted by atomic mass is 9.97. The van der Waals surface area contributed by atoms with E-state index >= 15 is 0 Å². The van der Waals surface area contributed by atoms with Crippen LogP contribution in [0.5, 0.6) is 5.75 Å². The highest BCUT2D eigenvalue weighted by molar-refractivity contribution is 5.89. The van der Waals surface area contributed by atoms with Crippen LogP contribution in [0.3, 0.4) is 0 Å². The van der Waals surface area contributed by atoms with Gasteiger partial charge in [-0.25, -0.2) is 0 Å². The number of amides is 2. The molecule has 1 rings (SSSR count). The number of hydrogen-bond donors (Lipinski definition) is 2. The first-order valence-electron chi connectivity index (χ1n) is 9.05. The van der Waals surface area contributed by atoms with Crippen LogP contribution in [0.4, 0.5) is 0 Å². The average molecular weight is 364 g/mol. The smallest absolute Gasteiger partial charge is 0.240 e. The van der Waals surface area contributed by atoms with Gasteiger partial charge in [-0.1, -0.05) is 32.4 Å². The SMILES string of the molecule is CCC(C)C(N)C(=O)N(C)C(Cc1ccc(OC(C)(C)C)cc1)C(N)=O. The van der Waals surface area contributed by atoms with Crippen LogP contribution in [0.25, 0.3) is 0 Å². The fourth-order valence-corrected chi connectivity index (χ4v) is 2.58. The van der Waals surface area contributed by atoms with E-state index in [0.717, 1.165) is 17.7 Å². The molecule has 3 unspecified atom stereocenters. The van der Waals surface area contributed by atoms with E-state index in [1.54, 1.807) is 7.05 Å². The minimum atomic E-state index is -0.744. The Kier molecular flexibility index (Phi) is 7.63. The van der Waals surface area contributed by atoms with E-state index < -0.39 is 18.0 Å². The Hall–Kier alpha value is -2.08. The summed E-state index contributed by atoms with van der Waals surface area (Å²) in [5.74, 6) is -0.0320. The molecule has 0 fully saturated rings. The third-order valence-corrected chi connectivity index (χ3v) is 4.46. The minimum absolute atomic E-state index is 0.0345. The third kappa shape index (κ3) is 6.33. The molecule has 0 spiro atoms. The maximum atomic E-state index is 12.6. The van der Waals surface area contributed by atoms with Gasteiger partial charge < -0.3 is 21.1 Å². The van der Waals surface area contributed by atoms with Gasteiger partial charge in [0.2, 0.25) is 11.8 Å². The van der Waals surface area contributed by atoms with Crippen molar-refractivity contribution in [2.75, 3.05) is 7.05 Å². The summed E-state index contributed by atoms with van der Waals surface area (Å²) in [5, 5.41) is 0. The molecule has 6 nitrogen and oxygen atoms in total. The van der Waals surface area contributed by atoms with Crippen molar-refractivity contribution in [3.05, 3.63) is 29.8 Å². The molecular formula is C20H33N3O3. The lowest BCUT2D eigenvalue weighted by Gasteiger charge is -2.30. The van der Waals surface area contributed by atoms with Gasteiger partial charge in [0.15, 0.2) is 0 Å². The van der Waals surface area contributed by atoms with Crippen LogP contribution < -0.4 is 16.2 Å². The standard InChI is InChI=1S/C20H33N3O3/c1-7-13(2)17(21)19(25)23(6)16(18(22)24)12-14-8-10-15(11-9-14)26-20(3,4)5/h8-11,13,16-17H,7,12,21H2,1-6H3,(H2,22,24). The summed E-state index contributed by atoms with van der Waals surface area (Å²) < 4.78 is 5.79. The molecule has 1 aromatic rings. The third-order valence-electron chi connectivity index (χ3n) is 4.46. The monoisotopic (exact) mass is 363 g/mol. The van der Waals surface area contributed by atoms with Crippen molar-refractivity contribution in [2.24, 2.45) is 17.4 Å². The van der Waals surface area contributed by atoms with Crippen molar-refractivity contribution in [1.29, 1.82) is 0 Å². The second-order valence-corrected chi connectivity index (χ2v) is 7.84. The summed E-state index contributed by atoms with van der Waals surface area (Å²) in [4.78, 5) is 25.9. The summed E-state index contributed by atoms with van der Waals surface area (Å²) in [6, 6.07) is 6.08. The summed E-state index contributed by atoms with van der Waals surface area (Å²) in [5.41, 5.74) is 12.2. The van der Waals surface area contributed by atoms with Crippen LogP contribution in [0.2, 0.25) is 0 Å². The topological polar surface area (TPSA) is 98.7 Å². The average Bonchev–Trinajstić information content (AvgIpc) is 2.56. The molecule has 1 aromatic carbocycles. The van der Waals surface area contributed by atoms with E-state index in [1.807, 2.05) is 58.9 Å². The van der Waals surface area contributed by atoms with Gasteiger partial charge >= 0.3 is 0 Å². The molecule has 0 bridgehead atoms. The Morgan fingerprint density at radius 1 is 1.19 bits per heavy atom. The normalized spacial score (nSPS) is 15.0. The maximum absolute atomic E-state index is 12.6. The highest BCUT2D eigenvalue weighted by Crippen LogP contribution is 2.20. The van der Waals surface area contributed by atoms with Gasteiger partial charge in [0, 0.05) is 13.5 Å². The number of benzene rings is 1. The van der Waals surface area contributed by atoms with Gasteiger partial charge in [0.05, 0.1) is 6.04 Å². The van der Waals surface area contributed by atoms with E-state index in [0.29, 0.717) is 6.42 Å². The zero-order chi connectivity index (χ0) is 20.1. The first-order chi connectivity index (χ1) is 12.0. The van der Waals surface area contributed by atoms with E-state index in [9.17, 15) is 9.59 Å². The molecule has 4 N–H and O–H groups in total. The highest BCUT2D eigenvalue weighted by Gasteiger charge is 2.30. The Morgan fingerprint density at radius 3 is 2.15 bits per heavy atom. The Bertz CT molecular complexity index is 608. The molecule has 0 aromatic heterocycles. The van der Waals surface area contributed by atoms with E-state index in [-0.39, 0.29) is 17.4 Å². The molecule has 3 atom stereocenters. The number of primary amides is 1. The molecule has 6 heteroatoms. The Labute approximate surface area is 156 Å². The van der Waals surface area contributed by atoms with Gasteiger partial charge in [-0.3, -0.25) is 9.59 Å². The van der Waals surface area contributed by atoms with E-state index in [4.69, 9.17) is 16.2 Å². The minimum Gasteiger partial charge on any atom is -0.488 e. The Morgan fingerprint density at radius 2 is 1.73 bits per heavy atom. The van der Waals surface area contributed by atoms with Crippen LogP contribution in [-0.2, 0) is 16.0 Å². The predicted molar refractivity (Wildman–Crippen MR) is 104 cm³/mol. The summed E-state index contributed by atoms with van der Waals surface area (Å²) in [6.45, 7) is 9.83. The number of likely N-dealkylation sites (N-methyl/N-ethyl adjacent to an activating group) is 1. The van der Waals surface area contributed by atoms with Crippen molar-refractivity contribution in [1.82, 2.24) is 4.90 Å². The molecule has 0 aliphatic rings. The molecule has 0 heterocycles. The van der Waals surface area contributed by atoms with Crippen molar-refractivity contribution in [3.8, 4) is 5.75 Å². The van der Waals surface area contributed by atoms with Gasteiger partial charge in [0.1, 0.15) is 17.4 Å². The predicted octanol–water partition coefficient (Wildman–Crippen LogP) is 2.09. The number of ether oxygens (including phenoxy) is 1. The lowest BCUT2D eigenvalue weighted by molar-refractivity contribution is -0.139. The van der Waals surface area contributed by atoms with Crippen LogP contribution in [0, 0.1) is 5.92 Å². The van der Waals surface area contributed by atoms with Gasteiger partial charge in [-0.05, 0) is 44.4 Å². The summed E-state index contributed by atoms with van der Waals surface area (Å²) in [6.07, 6.45) is 1.12. The fourth-order valence-electron chi connectivity index (χ4n) is 2.58. The number of carbonyl (C=O) groups excluding carboxylic acids is 2. The maximum Gasteiger partial charge on any atom is 0.240 e. The number of nitrogens with two attached hydrogens (primary N) is 2. The molecule has 0 radical (unpaired) electrons. The molecule has 146 valence electrons. The molecule has 0 aliphatic carbocycles. The molecule has 0 aliphatic heterocycles. The zero-order valence-electron chi connectivity index (χ0n) is 16.8. The summed E-state index contributed by atoms with van der Waals surface area (Å²) >= 11 is 0. The van der Waals surface area contributed by atoms with Crippen LogP contribution in [-0.4, -0.2) is 41.4 Å².